The lowest BCUT2D eigenvalue weighted by atomic mass is 9.97. The molecule has 0 bridgehead atoms. The Kier molecular flexibility index (Phi) is 8.89. The van der Waals surface area contributed by atoms with Gasteiger partial charge in [0, 0.05) is 17.2 Å². The van der Waals surface area contributed by atoms with Crippen molar-refractivity contribution in [1.82, 2.24) is 0 Å². The number of hydrogen-bond acceptors (Lipinski definition) is 2. The van der Waals surface area contributed by atoms with Gasteiger partial charge < -0.3 is 9.47 Å². The van der Waals surface area contributed by atoms with Gasteiger partial charge in [0.1, 0.15) is 17.3 Å². The second-order valence-corrected chi connectivity index (χ2v) is 8.90. The molecule has 2 nitrogen and oxygen atoms in total. The normalized spacial score (nSPS) is 10.9. The van der Waals surface area contributed by atoms with Crippen LogP contribution in [-0.4, -0.2) is 13.2 Å². The molecule has 0 amide bonds. The van der Waals surface area contributed by atoms with Gasteiger partial charge in [0.2, 0.25) is 0 Å². The number of benzene rings is 4. The first-order chi connectivity index (χ1) is 18.0. The van der Waals surface area contributed by atoms with Gasteiger partial charge in [-0.15, -0.1) is 0 Å². The zero-order valence-corrected chi connectivity index (χ0v) is 21.2. The first kappa shape index (κ1) is 26.3. The largest absolute Gasteiger partial charge is 0.494 e. The fourth-order valence-electron chi connectivity index (χ4n) is 4.18. The SMILES string of the molecule is CCCCOc1ccc(-c2ccc(-c3ccc(CCc4ccc(OCC)cc4F)cc3)c(F)c2F)cc1. The maximum Gasteiger partial charge on any atom is 0.167 e. The molecule has 4 aromatic carbocycles. The highest BCUT2D eigenvalue weighted by Gasteiger charge is 2.16. The van der Waals surface area contributed by atoms with Gasteiger partial charge in [0.15, 0.2) is 11.6 Å². The summed E-state index contributed by atoms with van der Waals surface area (Å²) in [6.45, 7) is 5.06. The summed E-state index contributed by atoms with van der Waals surface area (Å²) in [6.07, 6.45) is 3.16. The monoisotopic (exact) mass is 504 g/mol. The number of unbranched alkanes of at least 4 members (excludes halogenated alkanes) is 1. The van der Waals surface area contributed by atoms with Crippen LogP contribution in [0.3, 0.4) is 0 Å². The molecule has 0 saturated heterocycles. The summed E-state index contributed by atoms with van der Waals surface area (Å²) in [7, 11) is 0. The molecule has 0 radical (unpaired) electrons. The van der Waals surface area contributed by atoms with Gasteiger partial charge >= 0.3 is 0 Å². The summed E-state index contributed by atoms with van der Waals surface area (Å²) in [4.78, 5) is 0. The maximum atomic E-state index is 15.1. The van der Waals surface area contributed by atoms with Crippen molar-refractivity contribution in [3.8, 4) is 33.8 Å². The minimum absolute atomic E-state index is 0.199. The smallest absolute Gasteiger partial charge is 0.167 e. The van der Waals surface area contributed by atoms with Crippen LogP contribution in [0.1, 0.15) is 37.8 Å². The Bertz CT molecular complexity index is 1320. The van der Waals surface area contributed by atoms with E-state index in [1.807, 2.05) is 19.1 Å². The van der Waals surface area contributed by atoms with Crippen molar-refractivity contribution in [1.29, 1.82) is 0 Å². The molecule has 4 rings (SSSR count). The summed E-state index contributed by atoms with van der Waals surface area (Å²) in [6, 6.07) is 22.4. The number of halogens is 3. The summed E-state index contributed by atoms with van der Waals surface area (Å²) in [5.41, 5.74) is 3.16. The van der Waals surface area contributed by atoms with E-state index in [4.69, 9.17) is 9.47 Å². The molecule has 5 heteroatoms. The highest BCUT2D eigenvalue weighted by Crippen LogP contribution is 2.32. The number of hydrogen-bond donors (Lipinski definition) is 0. The molecule has 0 unspecified atom stereocenters. The second-order valence-electron chi connectivity index (χ2n) is 8.90. The Hall–Kier alpha value is -3.73. The van der Waals surface area contributed by atoms with E-state index in [1.54, 1.807) is 60.7 Å². The molecule has 0 N–H and O–H groups in total. The van der Waals surface area contributed by atoms with Crippen LogP contribution < -0.4 is 9.47 Å². The zero-order chi connectivity index (χ0) is 26.2. The molecule has 0 spiro atoms. The predicted octanol–water partition coefficient (Wildman–Crippen LogP) is 8.80. The van der Waals surface area contributed by atoms with Crippen LogP contribution in [0.4, 0.5) is 13.2 Å². The molecule has 0 aromatic heterocycles. The van der Waals surface area contributed by atoms with Crippen LogP contribution in [0.5, 0.6) is 11.5 Å². The van der Waals surface area contributed by atoms with E-state index in [9.17, 15) is 4.39 Å². The van der Waals surface area contributed by atoms with Crippen LogP contribution in [0.2, 0.25) is 0 Å². The number of ether oxygens (including phenoxy) is 2. The molecule has 0 aliphatic heterocycles. The molecule has 37 heavy (non-hydrogen) atoms. The molecule has 0 heterocycles. The quantitative estimate of drug-likeness (QED) is 0.190. The lowest BCUT2D eigenvalue weighted by Gasteiger charge is -2.11. The third kappa shape index (κ3) is 6.53. The Labute approximate surface area is 216 Å². The van der Waals surface area contributed by atoms with E-state index >= 15 is 8.78 Å². The molecule has 0 atom stereocenters. The van der Waals surface area contributed by atoms with Gasteiger partial charge in [-0.3, -0.25) is 0 Å². The lowest BCUT2D eigenvalue weighted by Crippen LogP contribution is -1.98. The second kappa shape index (κ2) is 12.5. The van der Waals surface area contributed by atoms with Crippen molar-refractivity contribution in [2.24, 2.45) is 0 Å². The van der Waals surface area contributed by atoms with Crippen molar-refractivity contribution in [2.75, 3.05) is 13.2 Å². The van der Waals surface area contributed by atoms with Crippen LogP contribution in [0.25, 0.3) is 22.3 Å². The third-order valence-electron chi connectivity index (χ3n) is 6.30. The van der Waals surface area contributed by atoms with Crippen molar-refractivity contribution >= 4 is 0 Å². The predicted molar refractivity (Wildman–Crippen MR) is 143 cm³/mol. The van der Waals surface area contributed by atoms with Crippen molar-refractivity contribution in [3.63, 3.8) is 0 Å². The van der Waals surface area contributed by atoms with Gasteiger partial charge in [0.05, 0.1) is 13.2 Å². The summed E-state index contributed by atoms with van der Waals surface area (Å²) < 4.78 is 55.4. The van der Waals surface area contributed by atoms with E-state index in [0.717, 1.165) is 18.4 Å². The van der Waals surface area contributed by atoms with Gasteiger partial charge in [-0.2, -0.15) is 0 Å². The Morgan fingerprint density at radius 3 is 1.78 bits per heavy atom. The zero-order valence-electron chi connectivity index (χ0n) is 21.2. The van der Waals surface area contributed by atoms with E-state index < -0.39 is 11.6 Å². The highest BCUT2D eigenvalue weighted by atomic mass is 19.2. The van der Waals surface area contributed by atoms with Gasteiger partial charge in [-0.1, -0.05) is 67.9 Å². The fraction of sp³-hybridized carbons (Fsp3) is 0.250. The number of aryl methyl sites for hydroxylation is 2. The van der Waals surface area contributed by atoms with E-state index in [2.05, 4.69) is 6.92 Å². The maximum absolute atomic E-state index is 15.1. The van der Waals surface area contributed by atoms with Crippen molar-refractivity contribution in [3.05, 3.63) is 107 Å². The van der Waals surface area contributed by atoms with Crippen LogP contribution in [0.15, 0.2) is 78.9 Å². The minimum atomic E-state index is -0.884. The fourth-order valence-corrected chi connectivity index (χ4v) is 4.18. The molecular weight excluding hydrogens is 473 g/mol. The molecule has 0 aliphatic carbocycles. The van der Waals surface area contributed by atoms with Gasteiger partial charge in [0.25, 0.3) is 0 Å². The highest BCUT2D eigenvalue weighted by molar-refractivity contribution is 5.72. The van der Waals surface area contributed by atoms with Crippen molar-refractivity contribution < 1.29 is 22.6 Å². The first-order valence-corrected chi connectivity index (χ1v) is 12.7. The Morgan fingerprint density at radius 1 is 0.622 bits per heavy atom. The molecule has 0 saturated carbocycles. The number of rotatable bonds is 11. The molecule has 4 aromatic rings. The first-order valence-electron chi connectivity index (χ1n) is 12.7. The molecule has 192 valence electrons. The Balaban J connectivity index is 1.44. The average Bonchev–Trinajstić information content (AvgIpc) is 2.91. The molecule has 0 fully saturated rings. The molecular formula is C32H31F3O2. The lowest BCUT2D eigenvalue weighted by molar-refractivity contribution is 0.309. The minimum Gasteiger partial charge on any atom is -0.494 e. The standard InChI is InChI=1S/C32H31F3O2/c1-3-5-20-37-26-15-12-24(13-16-26)29-19-18-28(31(34)32(29)35)23-9-6-22(7-10-23)8-11-25-14-17-27(36-4-2)21-30(25)33/h6-7,9-10,12-19,21H,3-5,8,11,20H2,1-2H3. The average molecular weight is 505 g/mol. The summed E-state index contributed by atoms with van der Waals surface area (Å²) >= 11 is 0. The van der Waals surface area contributed by atoms with E-state index in [1.165, 1.54) is 6.07 Å². The topological polar surface area (TPSA) is 18.5 Å². The van der Waals surface area contributed by atoms with Crippen molar-refractivity contribution in [2.45, 2.75) is 39.5 Å². The van der Waals surface area contributed by atoms with Crippen LogP contribution in [0, 0.1) is 17.5 Å². The van der Waals surface area contributed by atoms with E-state index in [0.29, 0.717) is 54.2 Å². The van der Waals surface area contributed by atoms with Crippen LogP contribution >= 0.6 is 0 Å². The summed E-state index contributed by atoms with van der Waals surface area (Å²) in [5, 5.41) is 0. The molecule has 0 aliphatic rings. The van der Waals surface area contributed by atoms with Gasteiger partial charge in [-0.05, 0) is 66.6 Å². The summed E-state index contributed by atoms with van der Waals surface area (Å²) in [5.74, 6) is -0.835. The Morgan fingerprint density at radius 2 is 1.22 bits per heavy atom. The van der Waals surface area contributed by atoms with Crippen LogP contribution in [-0.2, 0) is 12.8 Å². The van der Waals surface area contributed by atoms with Gasteiger partial charge in [-0.25, -0.2) is 13.2 Å². The van der Waals surface area contributed by atoms with E-state index in [-0.39, 0.29) is 16.9 Å². The third-order valence-corrected chi connectivity index (χ3v) is 6.30.